The molecule has 0 aliphatic heterocycles. The van der Waals surface area contributed by atoms with Crippen LogP contribution in [0.1, 0.15) is 24.8 Å². The number of hydrogen-bond acceptors (Lipinski definition) is 5. The fourth-order valence-electron chi connectivity index (χ4n) is 2.39. The first-order chi connectivity index (χ1) is 11.5. The van der Waals surface area contributed by atoms with E-state index < -0.39 is 29.9 Å². The zero-order valence-electron chi connectivity index (χ0n) is 13.5. The highest BCUT2D eigenvalue weighted by Gasteiger charge is 2.32. The van der Waals surface area contributed by atoms with Gasteiger partial charge in [-0.15, -0.1) is 0 Å². The molecule has 1 aromatic carbocycles. The Hall–Kier alpha value is -2.41. The molecule has 3 N–H and O–H groups in total. The minimum absolute atomic E-state index is 0.172. The summed E-state index contributed by atoms with van der Waals surface area (Å²) in [5, 5.41) is 14.6. The Bertz CT molecular complexity index is 586. The third kappa shape index (κ3) is 5.66. The van der Waals surface area contributed by atoms with E-state index in [1.54, 1.807) is 0 Å². The highest BCUT2D eigenvalue weighted by molar-refractivity contribution is 5.90. The van der Waals surface area contributed by atoms with Gasteiger partial charge >= 0.3 is 11.9 Å². The van der Waals surface area contributed by atoms with Gasteiger partial charge in [-0.1, -0.05) is 30.3 Å². The Morgan fingerprint density at radius 1 is 1.21 bits per heavy atom. The number of methoxy groups -OCH3 is 1. The van der Waals surface area contributed by atoms with Crippen molar-refractivity contribution in [1.82, 2.24) is 10.6 Å². The topological polar surface area (TPSA) is 105 Å². The molecule has 2 atom stereocenters. The normalized spacial score (nSPS) is 16.0. The van der Waals surface area contributed by atoms with Gasteiger partial charge in [-0.3, -0.25) is 9.59 Å². The molecule has 0 saturated heterocycles. The molecule has 7 heteroatoms. The molecule has 0 aromatic heterocycles. The van der Waals surface area contributed by atoms with Crippen molar-refractivity contribution in [1.29, 1.82) is 0 Å². The molecule has 1 aliphatic carbocycles. The number of hydrogen-bond donors (Lipinski definition) is 3. The Kier molecular flexibility index (Phi) is 6.31. The van der Waals surface area contributed by atoms with Crippen LogP contribution in [0, 0.1) is 0 Å². The monoisotopic (exact) mass is 334 g/mol. The summed E-state index contributed by atoms with van der Waals surface area (Å²) in [7, 11) is 1.25. The summed E-state index contributed by atoms with van der Waals surface area (Å²) in [5.74, 6) is -2.13. The second-order valence-electron chi connectivity index (χ2n) is 5.87. The number of nitrogens with one attached hydrogen (secondary N) is 2. The van der Waals surface area contributed by atoms with Crippen molar-refractivity contribution in [2.75, 3.05) is 7.11 Å². The third-order valence-corrected chi connectivity index (χ3v) is 3.79. The van der Waals surface area contributed by atoms with Crippen LogP contribution in [0.2, 0.25) is 0 Å². The number of esters is 1. The van der Waals surface area contributed by atoms with Gasteiger partial charge in [-0.25, -0.2) is 4.79 Å². The number of carboxylic acid groups (broad SMARTS) is 1. The lowest BCUT2D eigenvalue weighted by Gasteiger charge is -2.21. The second-order valence-corrected chi connectivity index (χ2v) is 5.87. The molecule has 0 bridgehead atoms. The molecule has 1 fully saturated rings. The van der Waals surface area contributed by atoms with Gasteiger partial charge in [0.1, 0.15) is 6.04 Å². The van der Waals surface area contributed by atoms with Gasteiger partial charge in [-0.05, 0) is 18.4 Å². The number of carbonyl (C=O) groups excluding carboxylic acids is 2. The van der Waals surface area contributed by atoms with Crippen molar-refractivity contribution in [3.63, 3.8) is 0 Å². The first-order valence-corrected chi connectivity index (χ1v) is 7.89. The van der Waals surface area contributed by atoms with Crippen LogP contribution in [0.15, 0.2) is 30.3 Å². The third-order valence-electron chi connectivity index (χ3n) is 3.79. The molecular weight excluding hydrogens is 312 g/mol. The number of aliphatic carboxylic acids is 1. The molecule has 7 nitrogen and oxygen atoms in total. The molecule has 0 radical (unpaired) electrons. The number of carboxylic acids is 1. The van der Waals surface area contributed by atoms with E-state index in [0.717, 1.165) is 18.4 Å². The summed E-state index contributed by atoms with van der Waals surface area (Å²) >= 11 is 0. The van der Waals surface area contributed by atoms with Crippen molar-refractivity contribution in [3.8, 4) is 0 Å². The van der Waals surface area contributed by atoms with Gasteiger partial charge in [0.15, 0.2) is 0 Å². The van der Waals surface area contributed by atoms with Gasteiger partial charge in [0.05, 0.1) is 19.6 Å². The molecule has 0 spiro atoms. The summed E-state index contributed by atoms with van der Waals surface area (Å²) < 4.78 is 4.75. The van der Waals surface area contributed by atoms with Crippen LogP contribution < -0.4 is 10.6 Å². The van der Waals surface area contributed by atoms with Crippen molar-refractivity contribution in [2.45, 2.75) is 43.8 Å². The molecule has 0 unspecified atom stereocenters. The van der Waals surface area contributed by atoms with E-state index in [0.29, 0.717) is 0 Å². The van der Waals surface area contributed by atoms with Crippen LogP contribution in [-0.4, -0.2) is 48.2 Å². The average Bonchev–Trinajstić information content (AvgIpc) is 3.37. The first kappa shape index (κ1) is 17.9. The van der Waals surface area contributed by atoms with E-state index in [9.17, 15) is 14.4 Å². The summed E-state index contributed by atoms with van der Waals surface area (Å²) in [4.78, 5) is 35.3. The molecule has 2 rings (SSSR count). The van der Waals surface area contributed by atoms with Gasteiger partial charge < -0.3 is 20.5 Å². The smallest absolute Gasteiger partial charge is 0.328 e. The van der Waals surface area contributed by atoms with Crippen LogP contribution >= 0.6 is 0 Å². The molecule has 1 aliphatic rings. The summed E-state index contributed by atoms with van der Waals surface area (Å²) in [6.45, 7) is 0. The quantitative estimate of drug-likeness (QED) is 0.568. The lowest BCUT2D eigenvalue weighted by molar-refractivity contribution is -0.145. The zero-order chi connectivity index (χ0) is 17.5. The highest BCUT2D eigenvalue weighted by atomic mass is 16.5. The molecule has 24 heavy (non-hydrogen) atoms. The molecule has 1 amide bonds. The maximum atomic E-state index is 12.4. The Morgan fingerprint density at radius 2 is 1.88 bits per heavy atom. The fraction of sp³-hybridized carbons (Fsp3) is 0.471. The predicted molar refractivity (Wildman–Crippen MR) is 86.3 cm³/mol. The largest absolute Gasteiger partial charge is 0.481 e. The first-order valence-electron chi connectivity index (χ1n) is 7.89. The van der Waals surface area contributed by atoms with Gasteiger partial charge in [0.2, 0.25) is 5.91 Å². The number of carbonyl (C=O) groups is 3. The standard InChI is InChI=1S/C17H22N2O5/c1-24-17(23)14(9-11-5-3-2-4-6-11)19-16(22)13(10-15(20)21)18-12-7-8-12/h2-6,12-14,18H,7-10H2,1H3,(H,19,22)(H,20,21)/t13-,14-/m0/s1. The Morgan fingerprint density at radius 3 is 2.42 bits per heavy atom. The van der Waals surface area contributed by atoms with Crippen LogP contribution in [0.25, 0.3) is 0 Å². The number of ether oxygens (including phenoxy) is 1. The van der Waals surface area contributed by atoms with Crippen molar-refractivity contribution < 1.29 is 24.2 Å². The maximum Gasteiger partial charge on any atom is 0.328 e. The van der Waals surface area contributed by atoms with E-state index in [-0.39, 0.29) is 18.9 Å². The van der Waals surface area contributed by atoms with Crippen molar-refractivity contribution in [2.24, 2.45) is 0 Å². The fourth-order valence-corrected chi connectivity index (χ4v) is 2.39. The maximum absolute atomic E-state index is 12.4. The lowest BCUT2D eigenvalue weighted by Crippen LogP contribution is -2.52. The molecule has 1 saturated carbocycles. The average molecular weight is 334 g/mol. The van der Waals surface area contributed by atoms with E-state index in [1.807, 2.05) is 30.3 Å². The highest BCUT2D eigenvalue weighted by Crippen LogP contribution is 2.20. The van der Waals surface area contributed by atoms with Crippen LogP contribution in [0.4, 0.5) is 0 Å². The Labute approximate surface area is 140 Å². The lowest BCUT2D eigenvalue weighted by atomic mass is 10.0. The van der Waals surface area contributed by atoms with E-state index >= 15 is 0 Å². The van der Waals surface area contributed by atoms with Crippen LogP contribution in [0.5, 0.6) is 0 Å². The van der Waals surface area contributed by atoms with E-state index in [1.165, 1.54) is 7.11 Å². The summed E-state index contributed by atoms with van der Waals surface area (Å²) in [6.07, 6.45) is 1.80. The molecule has 1 aromatic rings. The van der Waals surface area contributed by atoms with Gasteiger partial charge in [0, 0.05) is 12.5 Å². The van der Waals surface area contributed by atoms with Gasteiger partial charge in [0.25, 0.3) is 0 Å². The van der Waals surface area contributed by atoms with E-state index in [2.05, 4.69) is 10.6 Å². The van der Waals surface area contributed by atoms with Crippen molar-refractivity contribution in [3.05, 3.63) is 35.9 Å². The SMILES string of the molecule is COC(=O)[C@H](Cc1ccccc1)NC(=O)[C@H](CC(=O)O)NC1CC1. The van der Waals surface area contributed by atoms with Gasteiger partial charge in [-0.2, -0.15) is 0 Å². The van der Waals surface area contributed by atoms with E-state index in [4.69, 9.17) is 9.84 Å². The molecule has 130 valence electrons. The molecule has 0 heterocycles. The second kappa shape index (κ2) is 8.44. The minimum atomic E-state index is -1.07. The minimum Gasteiger partial charge on any atom is -0.481 e. The number of amides is 1. The number of rotatable bonds is 9. The number of benzene rings is 1. The zero-order valence-corrected chi connectivity index (χ0v) is 13.5. The predicted octanol–water partition coefficient (Wildman–Crippen LogP) is 0.482. The summed E-state index contributed by atoms with van der Waals surface area (Å²) in [5.41, 5.74) is 0.873. The summed E-state index contributed by atoms with van der Waals surface area (Å²) in [6, 6.07) is 7.68. The van der Waals surface area contributed by atoms with Crippen LogP contribution in [-0.2, 0) is 25.5 Å². The molecular formula is C17H22N2O5. The van der Waals surface area contributed by atoms with Crippen LogP contribution in [0.3, 0.4) is 0 Å². The van der Waals surface area contributed by atoms with Crippen molar-refractivity contribution >= 4 is 17.8 Å². The Balaban J connectivity index is 2.03.